The smallest absolute Gasteiger partial charge is 0.269 e. The Hall–Kier alpha value is -2.00. The molecule has 0 unspecified atom stereocenters. The van der Waals surface area contributed by atoms with Crippen molar-refractivity contribution >= 4 is 27.3 Å². The molecule has 0 saturated carbocycles. The first-order chi connectivity index (χ1) is 11.7. The molecule has 0 saturated heterocycles. The summed E-state index contributed by atoms with van der Waals surface area (Å²) in [6.45, 7) is 1.84. The lowest BCUT2D eigenvalue weighted by molar-refractivity contribution is -0.385. The van der Waals surface area contributed by atoms with Gasteiger partial charge in [0.05, 0.1) is 9.82 Å². The molecule has 2 aromatic carbocycles. The standard InChI is InChI=1S/C16H18ClN3O4S/c1-10-7-11(3-5-14(10)17)15(18)9-12-8-13(20(21)22)4-6-16(12)25(23,24)19-2/h3-8,15,19H,9,18H2,1-2H3/t15-/m0/s1. The second kappa shape index (κ2) is 7.49. The third-order valence-corrected chi connectivity index (χ3v) is 5.80. The summed E-state index contributed by atoms with van der Waals surface area (Å²) in [6.07, 6.45) is 0.124. The van der Waals surface area contributed by atoms with Crippen molar-refractivity contribution in [3.63, 3.8) is 0 Å². The lowest BCUT2D eigenvalue weighted by Gasteiger charge is -2.16. The van der Waals surface area contributed by atoms with Crippen molar-refractivity contribution in [2.45, 2.75) is 24.3 Å². The number of sulfonamides is 1. The van der Waals surface area contributed by atoms with Crippen LogP contribution < -0.4 is 10.5 Å². The molecule has 7 nitrogen and oxygen atoms in total. The molecule has 2 rings (SSSR count). The lowest BCUT2D eigenvalue weighted by Crippen LogP contribution is -2.22. The molecule has 0 fully saturated rings. The molecule has 25 heavy (non-hydrogen) atoms. The highest BCUT2D eigenvalue weighted by molar-refractivity contribution is 7.89. The monoisotopic (exact) mass is 383 g/mol. The predicted octanol–water partition coefficient (Wildman–Crippen LogP) is 2.71. The number of nitro benzene ring substituents is 1. The van der Waals surface area contributed by atoms with Crippen LogP contribution in [0.1, 0.15) is 22.7 Å². The van der Waals surface area contributed by atoms with Gasteiger partial charge in [-0.2, -0.15) is 0 Å². The molecule has 9 heteroatoms. The number of rotatable bonds is 6. The minimum Gasteiger partial charge on any atom is -0.324 e. The summed E-state index contributed by atoms with van der Waals surface area (Å²) < 4.78 is 26.6. The summed E-state index contributed by atoms with van der Waals surface area (Å²) in [4.78, 5) is 10.4. The summed E-state index contributed by atoms with van der Waals surface area (Å²) in [7, 11) is -2.48. The maximum Gasteiger partial charge on any atom is 0.269 e. The van der Waals surface area contributed by atoms with Crippen LogP contribution in [0.15, 0.2) is 41.3 Å². The lowest BCUT2D eigenvalue weighted by atomic mass is 9.98. The van der Waals surface area contributed by atoms with Gasteiger partial charge in [0.25, 0.3) is 5.69 Å². The molecule has 134 valence electrons. The van der Waals surface area contributed by atoms with Crippen molar-refractivity contribution in [3.05, 3.63) is 68.2 Å². The molecule has 0 radical (unpaired) electrons. The highest BCUT2D eigenvalue weighted by Gasteiger charge is 2.22. The Labute approximate surface area is 151 Å². The Bertz CT molecular complexity index is 916. The molecule has 2 aromatic rings. The van der Waals surface area contributed by atoms with E-state index in [2.05, 4.69) is 4.72 Å². The van der Waals surface area contributed by atoms with Crippen LogP contribution >= 0.6 is 11.6 Å². The summed E-state index contributed by atoms with van der Waals surface area (Å²) in [5.74, 6) is 0. The quantitative estimate of drug-likeness (QED) is 0.587. The minimum absolute atomic E-state index is 0.0262. The van der Waals surface area contributed by atoms with E-state index in [0.29, 0.717) is 5.02 Å². The van der Waals surface area contributed by atoms with E-state index in [0.717, 1.165) is 17.2 Å². The number of nitrogens with two attached hydrogens (primary N) is 1. The molecular formula is C16H18ClN3O4S. The summed E-state index contributed by atoms with van der Waals surface area (Å²) in [5, 5.41) is 11.6. The largest absolute Gasteiger partial charge is 0.324 e. The molecule has 0 amide bonds. The third-order valence-electron chi connectivity index (χ3n) is 3.86. The fourth-order valence-corrected chi connectivity index (χ4v) is 3.54. The predicted molar refractivity (Wildman–Crippen MR) is 96.2 cm³/mol. The van der Waals surface area contributed by atoms with Crippen LogP contribution in [0, 0.1) is 17.0 Å². The van der Waals surface area contributed by atoms with Crippen LogP contribution in [0.5, 0.6) is 0 Å². The number of halogens is 1. The van der Waals surface area contributed by atoms with Gasteiger partial charge in [0, 0.05) is 23.2 Å². The Balaban J connectivity index is 2.46. The molecule has 0 bridgehead atoms. The van der Waals surface area contributed by atoms with Crippen molar-refractivity contribution in [2.75, 3.05) is 7.05 Å². The highest BCUT2D eigenvalue weighted by atomic mass is 35.5. The van der Waals surface area contributed by atoms with E-state index in [4.69, 9.17) is 17.3 Å². The van der Waals surface area contributed by atoms with Crippen molar-refractivity contribution < 1.29 is 13.3 Å². The molecule has 3 N–H and O–H groups in total. The maximum atomic E-state index is 12.2. The van der Waals surface area contributed by atoms with Gasteiger partial charge in [-0.1, -0.05) is 23.7 Å². The van der Waals surface area contributed by atoms with Gasteiger partial charge in [0.2, 0.25) is 10.0 Å². The maximum absolute atomic E-state index is 12.2. The Kier molecular flexibility index (Phi) is 5.79. The van der Waals surface area contributed by atoms with E-state index in [9.17, 15) is 18.5 Å². The number of nitrogens with zero attached hydrogens (tertiary/aromatic N) is 1. The van der Waals surface area contributed by atoms with Crippen LogP contribution in [0.3, 0.4) is 0 Å². The van der Waals surface area contributed by atoms with E-state index in [1.807, 2.05) is 13.0 Å². The van der Waals surface area contributed by atoms with Crippen LogP contribution in [0.25, 0.3) is 0 Å². The van der Waals surface area contributed by atoms with Crippen molar-refractivity contribution in [1.29, 1.82) is 0 Å². The first-order valence-corrected chi connectivity index (χ1v) is 9.24. The van der Waals surface area contributed by atoms with E-state index >= 15 is 0 Å². The minimum atomic E-state index is -3.76. The highest BCUT2D eigenvalue weighted by Crippen LogP contribution is 2.27. The second-order valence-electron chi connectivity index (χ2n) is 5.58. The van der Waals surface area contributed by atoms with Gasteiger partial charge in [-0.05, 0) is 49.2 Å². The van der Waals surface area contributed by atoms with E-state index < -0.39 is 21.0 Å². The summed E-state index contributed by atoms with van der Waals surface area (Å²) in [6, 6.07) is 8.37. The molecule has 0 aliphatic carbocycles. The average molecular weight is 384 g/mol. The summed E-state index contributed by atoms with van der Waals surface area (Å²) in [5.41, 5.74) is 7.90. The fourth-order valence-electron chi connectivity index (χ4n) is 2.46. The van der Waals surface area contributed by atoms with Crippen LogP contribution in [0.4, 0.5) is 5.69 Å². The number of benzene rings is 2. The molecule has 0 aliphatic rings. The van der Waals surface area contributed by atoms with E-state index in [1.54, 1.807) is 12.1 Å². The van der Waals surface area contributed by atoms with Crippen molar-refractivity contribution in [1.82, 2.24) is 4.72 Å². The number of nitro groups is 1. The van der Waals surface area contributed by atoms with Gasteiger partial charge in [-0.3, -0.25) is 10.1 Å². The first kappa shape index (κ1) is 19.3. The number of nitrogens with one attached hydrogen (secondary N) is 1. The topological polar surface area (TPSA) is 115 Å². The van der Waals surface area contributed by atoms with E-state index in [1.165, 1.54) is 19.2 Å². The number of aryl methyl sites for hydroxylation is 1. The molecule has 0 spiro atoms. The van der Waals surface area contributed by atoms with Crippen LogP contribution in [-0.2, 0) is 16.4 Å². The first-order valence-electron chi connectivity index (χ1n) is 7.38. The Morgan fingerprint density at radius 3 is 2.52 bits per heavy atom. The van der Waals surface area contributed by atoms with Crippen LogP contribution in [-0.4, -0.2) is 20.4 Å². The zero-order valence-corrected chi connectivity index (χ0v) is 15.3. The molecule has 0 aliphatic heterocycles. The van der Waals surface area contributed by atoms with Crippen LogP contribution in [0.2, 0.25) is 5.02 Å². The van der Waals surface area contributed by atoms with Crippen molar-refractivity contribution in [3.8, 4) is 0 Å². The third kappa shape index (κ3) is 4.35. The molecule has 0 aromatic heterocycles. The SMILES string of the molecule is CNS(=O)(=O)c1ccc([N+](=O)[O-])cc1C[C@H](N)c1ccc(Cl)c(C)c1. The van der Waals surface area contributed by atoms with Gasteiger partial charge < -0.3 is 5.73 Å². The van der Waals surface area contributed by atoms with Gasteiger partial charge >= 0.3 is 0 Å². The van der Waals surface area contributed by atoms with Gasteiger partial charge in [-0.15, -0.1) is 0 Å². The van der Waals surface area contributed by atoms with Crippen molar-refractivity contribution in [2.24, 2.45) is 5.73 Å². The zero-order chi connectivity index (χ0) is 18.8. The average Bonchev–Trinajstić information content (AvgIpc) is 2.56. The normalized spacial score (nSPS) is 12.8. The Morgan fingerprint density at radius 1 is 1.28 bits per heavy atom. The number of non-ortho nitro benzene ring substituents is 1. The molecular weight excluding hydrogens is 366 g/mol. The van der Waals surface area contributed by atoms with Gasteiger partial charge in [0.15, 0.2) is 0 Å². The molecule has 1 atom stereocenters. The Morgan fingerprint density at radius 2 is 1.96 bits per heavy atom. The summed E-state index contributed by atoms with van der Waals surface area (Å²) >= 11 is 6.00. The fraction of sp³-hybridized carbons (Fsp3) is 0.250. The zero-order valence-electron chi connectivity index (χ0n) is 13.7. The second-order valence-corrected chi connectivity index (χ2v) is 7.84. The number of hydrogen-bond acceptors (Lipinski definition) is 5. The number of hydrogen-bond donors (Lipinski definition) is 2. The molecule has 0 heterocycles. The van der Waals surface area contributed by atoms with E-state index in [-0.39, 0.29) is 22.6 Å². The van der Waals surface area contributed by atoms with Gasteiger partial charge in [-0.25, -0.2) is 13.1 Å². The van der Waals surface area contributed by atoms with Gasteiger partial charge in [0.1, 0.15) is 0 Å².